The van der Waals surface area contributed by atoms with E-state index in [1.165, 1.54) is 10.4 Å². The van der Waals surface area contributed by atoms with Crippen LogP contribution in [0.15, 0.2) is 72.8 Å². The molecule has 0 radical (unpaired) electrons. The number of fused-ring (bicyclic) bond motifs is 4. The van der Waals surface area contributed by atoms with E-state index in [2.05, 4.69) is 106 Å². The lowest BCUT2D eigenvalue weighted by atomic mass is 9.91. The molecule has 2 saturated heterocycles. The molecule has 5 nitrogen and oxygen atoms in total. The summed E-state index contributed by atoms with van der Waals surface area (Å²) in [4.78, 5) is 13.3. The summed E-state index contributed by atoms with van der Waals surface area (Å²) < 4.78 is 26.9. The third-order valence-corrected chi connectivity index (χ3v) is 14.9. The number of benzene rings is 2. The van der Waals surface area contributed by atoms with Crippen LogP contribution in [0.4, 0.5) is 0 Å². The van der Waals surface area contributed by atoms with Crippen LogP contribution in [0.1, 0.15) is 86.0 Å². The zero-order valence-electron chi connectivity index (χ0n) is 27.8. The van der Waals surface area contributed by atoms with Crippen LogP contribution in [-0.2, 0) is 23.4 Å². The summed E-state index contributed by atoms with van der Waals surface area (Å²) in [6, 6.07) is 21.5. The molecule has 0 N–H and O–H groups in total. The number of hydrogen-bond acceptors (Lipinski definition) is 5. The molecule has 1 unspecified atom stereocenters. The number of rotatable bonds is 4. The topological polar surface area (TPSA) is 54.0 Å². The molecule has 3 aliphatic heterocycles. The molecular weight excluding hydrogens is 577 g/mol. The van der Waals surface area contributed by atoms with Crippen LogP contribution in [0, 0.1) is 24.2 Å². The lowest BCUT2D eigenvalue weighted by Crippen LogP contribution is -2.68. The fraction of sp³-hybridized carbons (Fsp3) is 0.564. The SMILES string of the molecule is C#C[C@@H]1OC(=O)C[C@@H]2CC(O[Si](c3ccccc3)(c3ccccc3)C(C)(C)C)C[C@H](C[C@@H]3CCC[C@@H](C[C@@H](C)/C=C/[C@@H]1C)O3)O2. The van der Waals surface area contributed by atoms with Crippen molar-refractivity contribution in [3.8, 4) is 12.3 Å². The Kier molecular flexibility index (Phi) is 11.1. The maximum atomic E-state index is 13.3. The van der Waals surface area contributed by atoms with E-state index in [0.717, 1.165) is 38.5 Å². The second-order valence-electron chi connectivity index (χ2n) is 14.5. The van der Waals surface area contributed by atoms with Crippen molar-refractivity contribution in [3.05, 3.63) is 72.8 Å². The van der Waals surface area contributed by atoms with E-state index >= 15 is 0 Å². The minimum atomic E-state index is -2.79. The van der Waals surface area contributed by atoms with Gasteiger partial charge < -0.3 is 18.6 Å². The molecule has 6 heteroatoms. The van der Waals surface area contributed by atoms with Gasteiger partial charge in [-0.3, -0.25) is 4.79 Å². The van der Waals surface area contributed by atoms with Crippen molar-refractivity contribution in [1.29, 1.82) is 0 Å². The van der Waals surface area contributed by atoms with Gasteiger partial charge in [-0.05, 0) is 66.3 Å². The molecular formula is C39H52O5Si. The van der Waals surface area contributed by atoms with Crippen molar-refractivity contribution < 1.29 is 23.4 Å². The van der Waals surface area contributed by atoms with Crippen molar-refractivity contribution in [2.75, 3.05) is 0 Å². The van der Waals surface area contributed by atoms with E-state index in [-0.39, 0.29) is 53.9 Å². The van der Waals surface area contributed by atoms with Gasteiger partial charge in [0.1, 0.15) is 0 Å². The number of allylic oxidation sites excluding steroid dienone is 1. The Balaban J connectivity index is 1.48. The summed E-state index contributed by atoms with van der Waals surface area (Å²) in [5.74, 6) is 2.65. The van der Waals surface area contributed by atoms with Crippen molar-refractivity contribution in [2.45, 2.75) is 128 Å². The molecule has 4 bridgehead atoms. The highest BCUT2D eigenvalue weighted by molar-refractivity contribution is 6.99. The Morgan fingerprint density at radius 3 is 1.98 bits per heavy atom. The first-order chi connectivity index (χ1) is 21.6. The summed E-state index contributed by atoms with van der Waals surface area (Å²) in [6.45, 7) is 11.2. The van der Waals surface area contributed by atoms with Crippen LogP contribution < -0.4 is 10.4 Å². The van der Waals surface area contributed by atoms with Crippen molar-refractivity contribution in [2.24, 2.45) is 11.8 Å². The number of esters is 1. The quantitative estimate of drug-likeness (QED) is 0.158. The van der Waals surface area contributed by atoms with E-state index in [4.69, 9.17) is 25.1 Å². The predicted molar refractivity (Wildman–Crippen MR) is 183 cm³/mol. The second kappa shape index (κ2) is 14.8. The Morgan fingerprint density at radius 1 is 0.800 bits per heavy atom. The van der Waals surface area contributed by atoms with Crippen molar-refractivity contribution >= 4 is 24.7 Å². The zero-order chi connectivity index (χ0) is 32.0. The number of hydrogen-bond donors (Lipinski definition) is 0. The fourth-order valence-corrected chi connectivity index (χ4v) is 12.3. The van der Waals surface area contributed by atoms with Gasteiger partial charge in [0.25, 0.3) is 8.32 Å². The second-order valence-corrected chi connectivity index (χ2v) is 18.8. The van der Waals surface area contributed by atoms with Gasteiger partial charge >= 0.3 is 5.97 Å². The molecule has 242 valence electrons. The van der Waals surface area contributed by atoms with E-state index in [1.807, 2.05) is 6.92 Å². The van der Waals surface area contributed by atoms with Gasteiger partial charge in [0.15, 0.2) is 6.10 Å². The van der Waals surface area contributed by atoms with Crippen LogP contribution in [0.2, 0.25) is 5.04 Å². The van der Waals surface area contributed by atoms with Crippen LogP contribution in [0.3, 0.4) is 0 Å². The van der Waals surface area contributed by atoms with Crippen LogP contribution in [0.5, 0.6) is 0 Å². The molecule has 0 amide bonds. The van der Waals surface area contributed by atoms with Gasteiger partial charge in [-0.25, -0.2) is 0 Å². The van der Waals surface area contributed by atoms with Gasteiger partial charge in [-0.2, -0.15) is 0 Å². The molecule has 5 rings (SSSR count). The van der Waals surface area contributed by atoms with Crippen molar-refractivity contribution in [1.82, 2.24) is 0 Å². The van der Waals surface area contributed by atoms with Gasteiger partial charge in [0.05, 0.1) is 36.9 Å². The maximum Gasteiger partial charge on any atom is 0.309 e. The average molecular weight is 629 g/mol. The molecule has 0 spiro atoms. The molecule has 2 fully saturated rings. The van der Waals surface area contributed by atoms with E-state index in [1.54, 1.807) is 0 Å². The summed E-state index contributed by atoms with van der Waals surface area (Å²) in [7, 11) is -2.79. The van der Waals surface area contributed by atoms with E-state index < -0.39 is 14.4 Å². The largest absolute Gasteiger partial charge is 0.448 e. The normalized spacial score (nSPS) is 32.6. The first-order valence-electron chi connectivity index (χ1n) is 17.0. The Bertz CT molecular complexity index is 1270. The monoisotopic (exact) mass is 628 g/mol. The summed E-state index contributed by atoms with van der Waals surface area (Å²) in [5, 5.41) is 2.36. The van der Waals surface area contributed by atoms with Gasteiger partial charge in [-0.15, -0.1) is 6.42 Å². The number of carbonyl (C=O) groups excluding carboxylic acids is 1. The highest BCUT2D eigenvalue weighted by atomic mass is 28.4. The molecule has 8 atom stereocenters. The van der Waals surface area contributed by atoms with Crippen LogP contribution >= 0.6 is 0 Å². The van der Waals surface area contributed by atoms with E-state index in [0.29, 0.717) is 12.3 Å². The molecule has 0 aromatic heterocycles. The van der Waals surface area contributed by atoms with Gasteiger partial charge in [-0.1, -0.05) is 113 Å². The Hall–Kier alpha value is -2.69. The van der Waals surface area contributed by atoms with Gasteiger partial charge in [0, 0.05) is 5.92 Å². The fourth-order valence-electron chi connectivity index (χ4n) is 7.64. The molecule has 0 aliphatic carbocycles. The molecule has 2 aromatic carbocycles. The lowest BCUT2D eigenvalue weighted by Gasteiger charge is -2.47. The predicted octanol–water partition coefficient (Wildman–Crippen LogP) is 6.97. The minimum Gasteiger partial charge on any atom is -0.448 e. The first kappa shape index (κ1) is 33.7. The summed E-state index contributed by atoms with van der Waals surface area (Å²) >= 11 is 0. The van der Waals surface area contributed by atoms with Crippen LogP contribution in [-0.4, -0.2) is 50.9 Å². The molecule has 2 aromatic rings. The third kappa shape index (κ3) is 8.18. The Labute approximate surface area is 272 Å². The third-order valence-electron chi connectivity index (χ3n) is 9.83. The van der Waals surface area contributed by atoms with Crippen molar-refractivity contribution in [3.63, 3.8) is 0 Å². The Morgan fingerprint density at radius 2 is 1.38 bits per heavy atom. The highest BCUT2D eigenvalue weighted by Gasteiger charge is 2.52. The molecule has 3 aliphatic rings. The minimum absolute atomic E-state index is 0.0731. The lowest BCUT2D eigenvalue weighted by molar-refractivity contribution is -0.160. The average Bonchev–Trinajstić information content (AvgIpc) is 3.01. The standard InChI is InChI=1S/C39H52O5Si/c1-7-37-29(3)22-21-28(2)23-30-15-14-16-31(41-30)24-32-25-34(26-33(42-32)27-38(40)43-37)44-45(39(4,5)6,35-17-10-8-11-18-35)36-19-12-9-13-20-36/h1,8-13,17-22,28-34,37H,14-16,23-27H2,2-6H3/b22-21+/t28-,29-,30-,31-,32-,33-,34?,37-/m0/s1. The number of carbonyl (C=O) groups is 1. The molecule has 0 saturated carbocycles. The highest BCUT2D eigenvalue weighted by Crippen LogP contribution is 2.40. The van der Waals surface area contributed by atoms with Crippen LogP contribution in [0.25, 0.3) is 0 Å². The van der Waals surface area contributed by atoms with Gasteiger partial charge in [0.2, 0.25) is 0 Å². The molecule has 45 heavy (non-hydrogen) atoms. The van der Waals surface area contributed by atoms with E-state index in [9.17, 15) is 4.79 Å². The maximum absolute atomic E-state index is 13.3. The number of cyclic esters (lactones) is 1. The summed E-state index contributed by atoms with van der Waals surface area (Å²) in [5.41, 5.74) is 0. The molecule has 3 heterocycles. The summed E-state index contributed by atoms with van der Waals surface area (Å²) in [6.07, 6.45) is 16.0. The number of ether oxygens (including phenoxy) is 3. The smallest absolute Gasteiger partial charge is 0.309 e. The zero-order valence-corrected chi connectivity index (χ0v) is 28.8. The first-order valence-corrected chi connectivity index (χ1v) is 18.9. The number of terminal acetylenes is 1.